The van der Waals surface area contributed by atoms with Crippen LogP contribution in [0.2, 0.25) is 0 Å². The van der Waals surface area contributed by atoms with E-state index in [1.165, 1.54) is 6.42 Å². The summed E-state index contributed by atoms with van der Waals surface area (Å²) in [5, 5.41) is 7.01. The number of nitrogens with one attached hydrogen (secondary N) is 2. The third-order valence-electron chi connectivity index (χ3n) is 4.38. The molecule has 1 aromatic carbocycles. The predicted molar refractivity (Wildman–Crippen MR) is 100 cm³/mol. The van der Waals surface area contributed by atoms with Gasteiger partial charge in [0.25, 0.3) is 0 Å². The maximum Gasteiger partial charge on any atom is 0.162 e. The van der Waals surface area contributed by atoms with Crippen molar-refractivity contribution >= 4 is 5.82 Å². The predicted octanol–water partition coefficient (Wildman–Crippen LogP) is 3.37. The first-order chi connectivity index (χ1) is 12.4. The van der Waals surface area contributed by atoms with Crippen molar-refractivity contribution in [2.24, 2.45) is 0 Å². The highest BCUT2D eigenvalue weighted by atomic mass is 15.1. The van der Waals surface area contributed by atoms with Gasteiger partial charge in [-0.25, -0.2) is 9.97 Å². The van der Waals surface area contributed by atoms with Gasteiger partial charge in [-0.2, -0.15) is 0 Å². The molecule has 4 rings (SSSR count). The van der Waals surface area contributed by atoms with Crippen LogP contribution >= 0.6 is 0 Å². The number of piperidine rings is 1. The zero-order valence-corrected chi connectivity index (χ0v) is 14.0. The second-order valence-corrected chi connectivity index (χ2v) is 6.25. The molecule has 1 saturated heterocycles. The van der Waals surface area contributed by atoms with E-state index in [0.29, 0.717) is 6.04 Å². The molecule has 1 fully saturated rings. The number of hydrogen-bond donors (Lipinski definition) is 2. The zero-order chi connectivity index (χ0) is 16.9. The van der Waals surface area contributed by atoms with E-state index in [1.807, 2.05) is 36.4 Å². The first-order valence-corrected chi connectivity index (χ1v) is 8.71. The summed E-state index contributed by atoms with van der Waals surface area (Å²) in [6, 6.07) is 16.5. The Morgan fingerprint density at radius 1 is 0.960 bits per heavy atom. The van der Waals surface area contributed by atoms with Gasteiger partial charge < -0.3 is 10.6 Å². The molecule has 0 spiro atoms. The van der Waals surface area contributed by atoms with Gasteiger partial charge in [0.05, 0.1) is 5.69 Å². The lowest BCUT2D eigenvalue weighted by Gasteiger charge is -2.24. The summed E-state index contributed by atoms with van der Waals surface area (Å²) in [5.41, 5.74) is 2.98. The Balaban J connectivity index is 1.72. The highest BCUT2D eigenvalue weighted by Crippen LogP contribution is 2.24. The van der Waals surface area contributed by atoms with Crippen molar-refractivity contribution < 1.29 is 0 Å². The molecule has 0 amide bonds. The number of anilines is 1. The minimum Gasteiger partial charge on any atom is -0.366 e. The molecule has 1 aliphatic heterocycles. The first-order valence-electron chi connectivity index (χ1n) is 8.71. The fourth-order valence-corrected chi connectivity index (χ4v) is 3.09. The van der Waals surface area contributed by atoms with Crippen molar-refractivity contribution in [2.75, 3.05) is 18.4 Å². The van der Waals surface area contributed by atoms with Crippen molar-refractivity contribution in [2.45, 2.75) is 18.9 Å². The van der Waals surface area contributed by atoms with E-state index >= 15 is 0 Å². The van der Waals surface area contributed by atoms with E-state index in [0.717, 1.165) is 48.0 Å². The van der Waals surface area contributed by atoms with Gasteiger partial charge in [0.1, 0.15) is 5.82 Å². The minimum atomic E-state index is 0.401. The second-order valence-electron chi connectivity index (χ2n) is 6.25. The third kappa shape index (κ3) is 3.83. The van der Waals surface area contributed by atoms with Crippen LogP contribution < -0.4 is 10.6 Å². The number of pyridine rings is 1. The SMILES string of the molecule is c1ccc(-c2cc(NC3CCCNC3)nc(-c3ccncc3)n2)cc1. The van der Waals surface area contributed by atoms with E-state index in [2.05, 4.69) is 27.8 Å². The second kappa shape index (κ2) is 7.40. The summed E-state index contributed by atoms with van der Waals surface area (Å²) in [5.74, 6) is 1.59. The van der Waals surface area contributed by atoms with Crippen LogP contribution in [-0.4, -0.2) is 34.1 Å². The summed E-state index contributed by atoms with van der Waals surface area (Å²) < 4.78 is 0. The molecule has 0 bridgehead atoms. The van der Waals surface area contributed by atoms with Crippen molar-refractivity contribution in [3.63, 3.8) is 0 Å². The molecule has 0 saturated carbocycles. The maximum atomic E-state index is 4.77. The van der Waals surface area contributed by atoms with Crippen molar-refractivity contribution in [1.82, 2.24) is 20.3 Å². The molecule has 3 heterocycles. The molecule has 0 aliphatic carbocycles. The quantitative estimate of drug-likeness (QED) is 0.767. The summed E-state index contributed by atoms with van der Waals surface area (Å²) in [6.07, 6.45) is 5.88. The lowest BCUT2D eigenvalue weighted by Crippen LogP contribution is -2.38. The normalized spacial score (nSPS) is 17.2. The van der Waals surface area contributed by atoms with Crippen LogP contribution in [0.25, 0.3) is 22.6 Å². The Morgan fingerprint density at radius 3 is 2.56 bits per heavy atom. The van der Waals surface area contributed by atoms with E-state index in [-0.39, 0.29) is 0 Å². The zero-order valence-electron chi connectivity index (χ0n) is 14.0. The van der Waals surface area contributed by atoms with Gasteiger partial charge in [-0.05, 0) is 31.5 Å². The van der Waals surface area contributed by atoms with E-state index in [4.69, 9.17) is 9.97 Å². The molecule has 25 heavy (non-hydrogen) atoms. The molecular weight excluding hydrogens is 310 g/mol. The van der Waals surface area contributed by atoms with Crippen molar-refractivity contribution in [1.29, 1.82) is 0 Å². The molecule has 2 aromatic heterocycles. The molecule has 3 aromatic rings. The summed E-state index contributed by atoms with van der Waals surface area (Å²) in [4.78, 5) is 13.6. The molecule has 0 radical (unpaired) electrons. The highest BCUT2D eigenvalue weighted by molar-refractivity contribution is 5.67. The first kappa shape index (κ1) is 15.7. The summed E-state index contributed by atoms with van der Waals surface area (Å²) in [7, 11) is 0. The Bertz CT molecular complexity index is 756. The van der Waals surface area contributed by atoms with Crippen LogP contribution in [0, 0.1) is 0 Å². The molecule has 5 heteroatoms. The van der Waals surface area contributed by atoms with Crippen LogP contribution in [-0.2, 0) is 0 Å². The molecular formula is C20H21N5. The largest absolute Gasteiger partial charge is 0.366 e. The van der Waals surface area contributed by atoms with Gasteiger partial charge in [-0.3, -0.25) is 4.98 Å². The average molecular weight is 331 g/mol. The van der Waals surface area contributed by atoms with Crippen LogP contribution in [0.4, 0.5) is 5.82 Å². The van der Waals surface area contributed by atoms with Crippen molar-refractivity contribution in [3.05, 3.63) is 60.9 Å². The number of nitrogens with zero attached hydrogens (tertiary/aromatic N) is 3. The lowest BCUT2D eigenvalue weighted by atomic mass is 10.1. The van der Waals surface area contributed by atoms with Crippen molar-refractivity contribution in [3.8, 4) is 22.6 Å². The molecule has 1 aliphatic rings. The van der Waals surface area contributed by atoms with Gasteiger partial charge in [-0.15, -0.1) is 0 Å². The molecule has 5 nitrogen and oxygen atoms in total. The van der Waals surface area contributed by atoms with Crippen LogP contribution in [0.15, 0.2) is 60.9 Å². The van der Waals surface area contributed by atoms with Gasteiger partial charge in [0, 0.05) is 42.2 Å². The Hall–Kier alpha value is -2.79. The summed E-state index contributed by atoms with van der Waals surface area (Å²) in [6.45, 7) is 2.06. The van der Waals surface area contributed by atoms with Gasteiger partial charge >= 0.3 is 0 Å². The average Bonchev–Trinajstić information content (AvgIpc) is 2.70. The standard InChI is InChI=1S/C20H21N5/c1-2-5-15(6-3-1)18-13-19(23-17-7-4-10-22-14-17)25-20(24-18)16-8-11-21-12-9-16/h1-3,5-6,8-9,11-13,17,22H,4,7,10,14H2,(H,23,24,25). The minimum absolute atomic E-state index is 0.401. The smallest absolute Gasteiger partial charge is 0.162 e. The molecule has 1 unspecified atom stereocenters. The van der Waals surface area contributed by atoms with E-state index in [9.17, 15) is 0 Å². The van der Waals surface area contributed by atoms with Crippen LogP contribution in [0.1, 0.15) is 12.8 Å². The number of aromatic nitrogens is 3. The highest BCUT2D eigenvalue weighted by Gasteiger charge is 2.15. The van der Waals surface area contributed by atoms with Gasteiger partial charge in [0.15, 0.2) is 5.82 Å². The molecule has 126 valence electrons. The topological polar surface area (TPSA) is 62.7 Å². The lowest BCUT2D eigenvalue weighted by molar-refractivity contribution is 0.479. The Kier molecular flexibility index (Phi) is 4.65. The van der Waals surface area contributed by atoms with Gasteiger partial charge in [-0.1, -0.05) is 30.3 Å². The van der Waals surface area contributed by atoms with Crippen LogP contribution in [0.3, 0.4) is 0 Å². The number of benzene rings is 1. The number of hydrogen-bond acceptors (Lipinski definition) is 5. The monoisotopic (exact) mass is 331 g/mol. The van der Waals surface area contributed by atoms with Crippen LogP contribution in [0.5, 0.6) is 0 Å². The Labute approximate surface area is 147 Å². The number of rotatable bonds is 4. The third-order valence-corrected chi connectivity index (χ3v) is 4.38. The van der Waals surface area contributed by atoms with E-state index < -0.39 is 0 Å². The Morgan fingerprint density at radius 2 is 1.80 bits per heavy atom. The fourth-order valence-electron chi connectivity index (χ4n) is 3.09. The maximum absolute atomic E-state index is 4.77. The fraction of sp³-hybridized carbons (Fsp3) is 0.250. The molecule has 2 N–H and O–H groups in total. The molecule has 1 atom stereocenters. The van der Waals surface area contributed by atoms with E-state index in [1.54, 1.807) is 12.4 Å². The van der Waals surface area contributed by atoms with Gasteiger partial charge in [0.2, 0.25) is 0 Å². The summed E-state index contributed by atoms with van der Waals surface area (Å²) >= 11 is 0.